The summed E-state index contributed by atoms with van der Waals surface area (Å²) < 4.78 is 0. The molecule has 2 N–H and O–H groups in total. The average Bonchev–Trinajstić information content (AvgIpc) is 2.69. The maximum absolute atomic E-state index is 4.59. The number of aromatic nitrogens is 2. The lowest BCUT2D eigenvalue weighted by molar-refractivity contribution is 0.280. The number of benzene rings is 1. The van der Waals surface area contributed by atoms with Gasteiger partial charge in [0.25, 0.3) is 0 Å². The molecule has 18 heavy (non-hydrogen) atoms. The number of hydrogen-bond acceptors (Lipinski definition) is 2. The van der Waals surface area contributed by atoms with E-state index in [-0.39, 0.29) is 0 Å². The lowest BCUT2D eigenvalue weighted by atomic mass is 9.80. The van der Waals surface area contributed by atoms with Crippen LogP contribution in [0.1, 0.15) is 33.1 Å². The van der Waals surface area contributed by atoms with E-state index in [1.54, 1.807) is 0 Å². The predicted octanol–water partition coefficient (Wildman–Crippen LogP) is 3.80. The zero-order valence-corrected chi connectivity index (χ0v) is 11.1. The Morgan fingerprint density at radius 1 is 1.11 bits per heavy atom. The SMILES string of the molecule is CC1CC(C)CC(Nc2nc3ccccc3[nH]2)C1. The van der Waals surface area contributed by atoms with Crippen molar-refractivity contribution in [2.24, 2.45) is 11.8 Å². The van der Waals surface area contributed by atoms with E-state index in [1.807, 2.05) is 18.2 Å². The van der Waals surface area contributed by atoms with Gasteiger partial charge < -0.3 is 10.3 Å². The minimum absolute atomic E-state index is 0.560. The first-order valence-electron chi connectivity index (χ1n) is 6.92. The minimum atomic E-state index is 0.560. The molecule has 1 aliphatic rings. The fourth-order valence-corrected chi connectivity index (χ4v) is 3.28. The highest BCUT2D eigenvalue weighted by molar-refractivity contribution is 5.77. The maximum Gasteiger partial charge on any atom is 0.201 e. The van der Waals surface area contributed by atoms with Crippen molar-refractivity contribution in [2.75, 3.05) is 5.32 Å². The Labute approximate surface area is 108 Å². The van der Waals surface area contributed by atoms with Gasteiger partial charge in [-0.25, -0.2) is 4.98 Å². The number of rotatable bonds is 2. The lowest BCUT2D eigenvalue weighted by Gasteiger charge is -2.31. The monoisotopic (exact) mass is 243 g/mol. The first kappa shape index (κ1) is 11.6. The molecule has 1 aromatic carbocycles. The Morgan fingerprint density at radius 3 is 2.56 bits per heavy atom. The van der Waals surface area contributed by atoms with Gasteiger partial charge in [0.05, 0.1) is 11.0 Å². The molecule has 0 radical (unpaired) electrons. The van der Waals surface area contributed by atoms with Crippen molar-refractivity contribution in [1.82, 2.24) is 9.97 Å². The topological polar surface area (TPSA) is 40.7 Å². The Bertz CT molecular complexity index is 488. The Morgan fingerprint density at radius 2 is 1.83 bits per heavy atom. The van der Waals surface area contributed by atoms with Crippen molar-refractivity contribution < 1.29 is 0 Å². The normalized spacial score (nSPS) is 28.4. The van der Waals surface area contributed by atoms with E-state index >= 15 is 0 Å². The molecule has 1 fully saturated rings. The fraction of sp³-hybridized carbons (Fsp3) is 0.533. The average molecular weight is 243 g/mol. The van der Waals surface area contributed by atoms with Gasteiger partial charge in [0.15, 0.2) is 0 Å². The smallest absolute Gasteiger partial charge is 0.201 e. The van der Waals surface area contributed by atoms with Gasteiger partial charge in [-0.05, 0) is 43.2 Å². The van der Waals surface area contributed by atoms with Crippen molar-refractivity contribution in [2.45, 2.75) is 39.2 Å². The van der Waals surface area contributed by atoms with Crippen LogP contribution in [-0.2, 0) is 0 Å². The zero-order chi connectivity index (χ0) is 12.5. The summed E-state index contributed by atoms with van der Waals surface area (Å²) in [6.07, 6.45) is 3.86. The molecule has 3 rings (SSSR count). The third-order valence-electron chi connectivity index (χ3n) is 3.91. The van der Waals surface area contributed by atoms with Crippen LogP contribution in [0.5, 0.6) is 0 Å². The number of nitrogens with one attached hydrogen (secondary N) is 2. The summed E-state index contributed by atoms with van der Waals surface area (Å²) in [6.45, 7) is 4.70. The highest BCUT2D eigenvalue weighted by atomic mass is 15.1. The number of para-hydroxylation sites is 2. The van der Waals surface area contributed by atoms with Gasteiger partial charge in [0, 0.05) is 6.04 Å². The summed E-state index contributed by atoms with van der Waals surface area (Å²) in [5, 5.41) is 3.56. The summed E-state index contributed by atoms with van der Waals surface area (Å²) in [4.78, 5) is 7.94. The van der Waals surface area contributed by atoms with E-state index in [0.29, 0.717) is 6.04 Å². The number of nitrogens with zero attached hydrogens (tertiary/aromatic N) is 1. The molecule has 2 aromatic rings. The van der Waals surface area contributed by atoms with Crippen molar-refractivity contribution in [1.29, 1.82) is 0 Å². The third-order valence-corrected chi connectivity index (χ3v) is 3.91. The van der Waals surface area contributed by atoms with Gasteiger partial charge in [-0.15, -0.1) is 0 Å². The number of hydrogen-bond donors (Lipinski definition) is 2. The summed E-state index contributed by atoms with van der Waals surface area (Å²) in [5.74, 6) is 2.55. The van der Waals surface area contributed by atoms with E-state index in [4.69, 9.17) is 0 Å². The van der Waals surface area contributed by atoms with E-state index in [0.717, 1.165) is 28.8 Å². The van der Waals surface area contributed by atoms with Crippen LogP contribution in [-0.4, -0.2) is 16.0 Å². The van der Waals surface area contributed by atoms with Gasteiger partial charge >= 0.3 is 0 Å². The summed E-state index contributed by atoms with van der Waals surface area (Å²) in [7, 11) is 0. The standard InChI is InChI=1S/C15H21N3/c1-10-7-11(2)9-12(8-10)16-15-17-13-5-3-4-6-14(13)18-15/h3-6,10-12H,7-9H2,1-2H3,(H2,16,17,18). The van der Waals surface area contributed by atoms with Crippen LogP contribution in [0.2, 0.25) is 0 Å². The first-order chi connectivity index (χ1) is 8.70. The summed E-state index contributed by atoms with van der Waals surface area (Å²) in [6, 6.07) is 8.74. The van der Waals surface area contributed by atoms with E-state index in [9.17, 15) is 0 Å². The molecule has 0 saturated heterocycles. The van der Waals surface area contributed by atoms with Crippen LogP contribution in [0.3, 0.4) is 0 Å². The lowest BCUT2D eigenvalue weighted by Crippen LogP contribution is -2.30. The van der Waals surface area contributed by atoms with Crippen LogP contribution < -0.4 is 5.32 Å². The molecule has 1 heterocycles. The molecule has 3 nitrogen and oxygen atoms in total. The Kier molecular flexibility index (Phi) is 2.98. The number of imidazole rings is 1. The van der Waals surface area contributed by atoms with Crippen molar-refractivity contribution in [3.8, 4) is 0 Å². The number of aromatic amines is 1. The molecule has 0 spiro atoms. The van der Waals surface area contributed by atoms with Crippen molar-refractivity contribution in [3.63, 3.8) is 0 Å². The van der Waals surface area contributed by atoms with Gasteiger partial charge in [-0.2, -0.15) is 0 Å². The zero-order valence-electron chi connectivity index (χ0n) is 11.1. The van der Waals surface area contributed by atoms with Gasteiger partial charge in [0.1, 0.15) is 0 Å². The van der Waals surface area contributed by atoms with Gasteiger partial charge in [-0.1, -0.05) is 26.0 Å². The maximum atomic E-state index is 4.59. The second-order valence-corrected chi connectivity index (χ2v) is 5.86. The third kappa shape index (κ3) is 2.35. The van der Waals surface area contributed by atoms with Gasteiger partial charge in [-0.3, -0.25) is 0 Å². The largest absolute Gasteiger partial charge is 0.353 e. The quantitative estimate of drug-likeness (QED) is 0.842. The molecule has 2 atom stereocenters. The molecular formula is C15H21N3. The second-order valence-electron chi connectivity index (χ2n) is 5.86. The number of fused-ring (bicyclic) bond motifs is 1. The number of anilines is 1. The minimum Gasteiger partial charge on any atom is -0.353 e. The molecule has 1 aliphatic carbocycles. The summed E-state index contributed by atoms with van der Waals surface area (Å²) >= 11 is 0. The number of H-pyrrole nitrogens is 1. The van der Waals surface area contributed by atoms with E-state index in [2.05, 4.69) is 35.2 Å². The molecule has 1 aromatic heterocycles. The summed E-state index contributed by atoms with van der Waals surface area (Å²) in [5.41, 5.74) is 2.15. The van der Waals surface area contributed by atoms with E-state index in [1.165, 1.54) is 19.3 Å². The van der Waals surface area contributed by atoms with Crippen molar-refractivity contribution in [3.05, 3.63) is 24.3 Å². The fourth-order valence-electron chi connectivity index (χ4n) is 3.28. The molecule has 0 aliphatic heterocycles. The molecule has 0 amide bonds. The highest BCUT2D eigenvalue weighted by Gasteiger charge is 2.24. The van der Waals surface area contributed by atoms with Crippen LogP contribution in [0.15, 0.2) is 24.3 Å². The van der Waals surface area contributed by atoms with Crippen LogP contribution >= 0.6 is 0 Å². The van der Waals surface area contributed by atoms with E-state index < -0.39 is 0 Å². The van der Waals surface area contributed by atoms with Crippen LogP contribution in [0, 0.1) is 11.8 Å². The van der Waals surface area contributed by atoms with Crippen LogP contribution in [0.4, 0.5) is 5.95 Å². The predicted molar refractivity (Wildman–Crippen MR) is 75.7 cm³/mol. The molecule has 2 unspecified atom stereocenters. The Balaban J connectivity index is 1.75. The molecule has 0 bridgehead atoms. The molecular weight excluding hydrogens is 222 g/mol. The highest BCUT2D eigenvalue weighted by Crippen LogP contribution is 2.30. The molecule has 3 heteroatoms. The molecule has 96 valence electrons. The van der Waals surface area contributed by atoms with Crippen molar-refractivity contribution >= 4 is 17.0 Å². The first-order valence-corrected chi connectivity index (χ1v) is 6.92. The van der Waals surface area contributed by atoms with Gasteiger partial charge in [0.2, 0.25) is 5.95 Å². The molecule has 1 saturated carbocycles. The van der Waals surface area contributed by atoms with Crippen LogP contribution in [0.25, 0.3) is 11.0 Å². The Hall–Kier alpha value is -1.51. The second kappa shape index (κ2) is 4.63.